The minimum Gasteiger partial charge on any atom is -0.354 e. The molecule has 0 aromatic carbocycles. The van der Waals surface area contributed by atoms with Crippen molar-refractivity contribution in [1.82, 2.24) is 4.57 Å². The van der Waals surface area contributed by atoms with Crippen molar-refractivity contribution in [1.29, 1.82) is 0 Å². The van der Waals surface area contributed by atoms with Gasteiger partial charge in [0.05, 0.1) is 0 Å². The molecular formula is C15H28N2. The van der Waals surface area contributed by atoms with Gasteiger partial charge in [-0.15, -0.1) is 0 Å². The van der Waals surface area contributed by atoms with Crippen LogP contribution in [0, 0.1) is 0 Å². The van der Waals surface area contributed by atoms with Crippen LogP contribution in [0.4, 0.5) is 0 Å². The van der Waals surface area contributed by atoms with Crippen molar-refractivity contribution in [2.24, 2.45) is 5.73 Å². The van der Waals surface area contributed by atoms with Crippen LogP contribution in [0.3, 0.4) is 0 Å². The number of aryl methyl sites for hydroxylation is 1. The Morgan fingerprint density at radius 2 is 1.82 bits per heavy atom. The van der Waals surface area contributed by atoms with Crippen molar-refractivity contribution in [2.45, 2.75) is 71.4 Å². The normalized spacial score (nSPS) is 12.9. The molecule has 0 aliphatic rings. The maximum atomic E-state index is 6.00. The lowest BCUT2D eigenvalue weighted by atomic mass is 10.1. The lowest BCUT2D eigenvalue weighted by Gasteiger charge is -2.06. The molecule has 0 fully saturated rings. The third-order valence-electron chi connectivity index (χ3n) is 3.41. The maximum absolute atomic E-state index is 6.00. The summed E-state index contributed by atoms with van der Waals surface area (Å²) in [7, 11) is 0. The third kappa shape index (κ3) is 5.40. The first-order valence-electron chi connectivity index (χ1n) is 7.19. The fourth-order valence-electron chi connectivity index (χ4n) is 2.13. The van der Waals surface area contributed by atoms with Crippen LogP contribution < -0.4 is 5.73 Å². The van der Waals surface area contributed by atoms with Gasteiger partial charge in [0.15, 0.2) is 0 Å². The summed E-state index contributed by atoms with van der Waals surface area (Å²) in [5.41, 5.74) is 7.28. The van der Waals surface area contributed by atoms with Crippen molar-refractivity contribution >= 4 is 0 Å². The summed E-state index contributed by atoms with van der Waals surface area (Å²) >= 11 is 0. The van der Waals surface area contributed by atoms with E-state index in [1.807, 2.05) is 0 Å². The highest BCUT2D eigenvalue weighted by Crippen LogP contribution is 2.14. The van der Waals surface area contributed by atoms with Crippen LogP contribution >= 0.6 is 0 Å². The zero-order chi connectivity index (χ0) is 12.5. The van der Waals surface area contributed by atoms with E-state index in [2.05, 4.69) is 36.9 Å². The Morgan fingerprint density at radius 3 is 2.53 bits per heavy atom. The highest BCUT2D eigenvalue weighted by Gasteiger charge is 2.04. The summed E-state index contributed by atoms with van der Waals surface area (Å²) in [6, 6.07) is 2.37. The first-order valence-corrected chi connectivity index (χ1v) is 7.19. The zero-order valence-electron chi connectivity index (χ0n) is 11.5. The molecule has 17 heavy (non-hydrogen) atoms. The van der Waals surface area contributed by atoms with Crippen molar-refractivity contribution in [2.75, 3.05) is 0 Å². The van der Waals surface area contributed by atoms with Gasteiger partial charge in [0.25, 0.3) is 0 Å². The number of nitrogens with zero attached hydrogens (tertiary/aromatic N) is 1. The predicted octanol–water partition coefficient (Wildman–Crippen LogP) is 4.26. The molecule has 0 aliphatic carbocycles. The van der Waals surface area contributed by atoms with E-state index in [0.29, 0.717) is 0 Å². The second kappa shape index (κ2) is 8.35. The molecule has 1 unspecified atom stereocenters. The molecule has 0 saturated carbocycles. The largest absolute Gasteiger partial charge is 0.354 e. The van der Waals surface area contributed by atoms with Gasteiger partial charge in [0.1, 0.15) is 0 Å². The molecule has 1 rings (SSSR count). The second-order valence-corrected chi connectivity index (χ2v) is 4.97. The van der Waals surface area contributed by atoms with Gasteiger partial charge < -0.3 is 10.3 Å². The minimum absolute atomic E-state index is 0.209. The minimum atomic E-state index is 0.209. The van der Waals surface area contributed by atoms with Crippen molar-refractivity contribution in [3.05, 3.63) is 24.0 Å². The number of unbranched alkanes of at least 4 members (excludes halogenated alkanes) is 5. The molecular weight excluding hydrogens is 208 g/mol. The van der Waals surface area contributed by atoms with Crippen molar-refractivity contribution < 1.29 is 0 Å². The van der Waals surface area contributed by atoms with Gasteiger partial charge in [0.2, 0.25) is 0 Å². The Bertz CT molecular complexity index is 291. The average molecular weight is 236 g/mol. The molecule has 2 nitrogen and oxygen atoms in total. The molecule has 1 aromatic heterocycles. The van der Waals surface area contributed by atoms with Crippen LogP contribution in [0.15, 0.2) is 18.5 Å². The standard InChI is InChI=1S/C15H28N2/c1-3-5-6-7-8-9-11-17-12-10-14(13-17)15(16)4-2/h10,12-13,15H,3-9,11,16H2,1-2H3. The summed E-state index contributed by atoms with van der Waals surface area (Å²) in [5.74, 6) is 0. The molecule has 0 amide bonds. The van der Waals surface area contributed by atoms with E-state index in [9.17, 15) is 0 Å². The van der Waals surface area contributed by atoms with Crippen molar-refractivity contribution in [3.8, 4) is 0 Å². The second-order valence-electron chi connectivity index (χ2n) is 4.97. The molecule has 98 valence electrons. The zero-order valence-corrected chi connectivity index (χ0v) is 11.5. The van der Waals surface area contributed by atoms with Crippen LogP contribution in [0.25, 0.3) is 0 Å². The van der Waals surface area contributed by atoms with Gasteiger partial charge in [-0.3, -0.25) is 0 Å². The number of rotatable bonds is 9. The van der Waals surface area contributed by atoms with E-state index >= 15 is 0 Å². The molecule has 0 aliphatic heterocycles. The number of aromatic nitrogens is 1. The Hall–Kier alpha value is -0.760. The van der Waals surface area contributed by atoms with Gasteiger partial charge in [-0.25, -0.2) is 0 Å². The maximum Gasteiger partial charge on any atom is 0.0307 e. The Kier molecular flexibility index (Phi) is 7.02. The number of hydrogen-bond donors (Lipinski definition) is 1. The molecule has 2 N–H and O–H groups in total. The Labute approximate surface area is 106 Å². The quantitative estimate of drug-likeness (QED) is 0.638. The van der Waals surface area contributed by atoms with E-state index in [-0.39, 0.29) is 6.04 Å². The topological polar surface area (TPSA) is 30.9 Å². The van der Waals surface area contributed by atoms with Crippen LogP contribution in [0.5, 0.6) is 0 Å². The van der Waals surface area contributed by atoms with E-state index in [1.54, 1.807) is 0 Å². The van der Waals surface area contributed by atoms with Crippen molar-refractivity contribution in [3.63, 3.8) is 0 Å². The highest BCUT2D eigenvalue weighted by molar-refractivity contribution is 5.14. The summed E-state index contributed by atoms with van der Waals surface area (Å²) in [4.78, 5) is 0. The molecule has 0 bridgehead atoms. The predicted molar refractivity (Wildman–Crippen MR) is 75.0 cm³/mol. The number of nitrogens with two attached hydrogens (primary N) is 1. The monoisotopic (exact) mass is 236 g/mol. The summed E-state index contributed by atoms with van der Waals surface area (Å²) < 4.78 is 2.28. The molecule has 1 aromatic rings. The first kappa shape index (κ1) is 14.3. The van der Waals surface area contributed by atoms with Gasteiger partial charge >= 0.3 is 0 Å². The van der Waals surface area contributed by atoms with Crippen LogP contribution in [-0.2, 0) is 6.54 Å². The SMILES string of the molecule is CCCCCCCCn1ccc(C(N)CC)c1. The third-order valence-corrected chi connectivity index (χ3v) is 3.41. The van der Waals surface area contributed by atoms with Gasteiger partial charge in [-0.1, -0.05) is 46.0 Å². The molecule has 2 heteroatoms. The number of hydrogen-bond acceptors (Lipinski definition) is 1. The highest BCUT2D eigenvalue weighted by atomic mass is 14.9. The Morgan fingerprint density at radius 1 is 1.12 bits per heavy atom. The van der Waals surface area contributed by atoms with E-state index in [4.69, 9.17) is 5.73 Å². The van der Waals surface area contributed by atoms with E-state index in [0.717, 1.165) is 13.0 Å². The van der Waals surface area contributed by atoms with Gasteiger partial charge in [-0.05, 0) is 24.5 Å². The lowest BCUT2D eigenvalue weighted by Crippen LogP contribution is -2.07. The van der Waals surface area contributed by atoms with Crippen LogP contribution in [-0.4, -0.2) is 4.57 Å². The fraction of sp³-hybridized carbons (Fsp3) is 0.733. The van der Waals surface area contributed by atoms with Crippen LogP contribution in [0.2, 0.25) is 0 Å². The molecule has 0 saturated heterocycles. The van der Waals surface area contributed by atoms with E-state index in [1.165, 1.54) is 44.1 Å². The summed E-state index contributed by atoms with van der Waals surface area (Å²) in [6.45, 7) is 5.54. The summed E-state index contributed by atoms with van der Waals surface area (Å²) in [5, 5.41) is 0. The van der Waals surface area contributed by atoms with Gasteiger partial charge in [-0.2, -0.15) is 0 Å². The first-order chi connectivity index (χ1) is 8.27. The summed E-state index contributed by atoms with van der Waals surface area (Å²) in [6.07, 6.45) is 13.5. The smallest absolute Gasteiger partial charge is 0.0307 e. The average Bonchev–Trinajstić information content (AvgIpc) is 2.81. The van der Waals surface area contributed by atoms with E-state index < -0.39 is 0 Å². The molecule has 1 atom stereocenters. The van der Waals surface area contributed by atoms with Crippen LogP contribution in [0.1, 0.15) is 70.4 Å². The molecule has 1 heterocycles. The molecule has 0 radical (unpaired) electrons. The molecule has 0 spiro atoms. The lowest BCUT2D eigenvalue weighted by molar-refractivity contribution is 0.557. The Balaban J connectivity index is 2.16. The van der Waals surface area contributed by atoms with Gasteiger partial charge in [0, 0.05) is 25.0 Å². The fourth-order valence-corrected chi connectivity index (χ4v) is 2.13.